The summed E-state index contributed by atoms with van der Waals surface area (Å²) in [7, 11) is 0. The van der Waals surface area contributed by atoms with Crippen LogP contribution in [-0.4, -0.2) is 40.1 Å². The van der Waals surface area contributed by atoms with Crippen molar-refractivity contribution >= 4 is 17.3 Å². The quantitative estimate of drug-likeness (QED) is 0.384. The summed E-state index contributed by atoms with van der Waals surface area (Å²) in [5, 5.41) is 7.79. The van der Waals surface area contributed by atoms with Gasteiger partial charge >= 0.3 is 6.18 Å². The van der Waals surface area contributed by atoms with Crippen molar-refractivity contribution in [2.24, 2.45) is 4.99 Å². The van der Waals surface area contributed by atoms with Crippen molar-refractivity contribution in [3.63, 3.8) is 0 Å². The highest BCUT2D eigenvalue weighted by Gasteiger charge is 2.33. The lowest BCUT2D eigenvalue weighted by atomic mass is 10.3. The van der Waals surface area contributed by atoms with Crippen molar-refractivity contribution in [2.45, 2.75) is 45.8 Å². The van der Waals surface area contributed by atoms with E-state index in [0.29, 0.717) is 30.5 Å². The monoisotopic (exact) mass is 402 g/mol. The molecule has 2 aromatic rings. The zero-order valence-corrected chi connectivity index (χ0v) is 16.3. The predicted octanol–water partition coefficient (Wildman–Crippen LogP) is 3.24. The first kappa shape index (κ1) is 21.2. The lowest BCUT2D eigenvalue weighted by Crippen LogP contribution is -2.38. The van der Waals surface area contributed by atoms with Crippen LogP contribution in [-0.2, 0) is 19.1 Å². The molecule has 2 rings (SSSR count). The fourth-order valence-electron chi connectivity index (χ4n) is 2.41. The third-order valence-electron chi connectivity index (χ3n) is 3.82. The first-order valence-electron chi connectivity index (χ1n) is 8.91. The molecule has 0 aromatic carbocycles. The molecule has 0 amide bonds. The minimum Gasteiger partial charge on any atom is -0.357 e. The lowest BCUT2D eigenvalue weighted by Gasteiger charge is -2.10. The fourth-order valence-corrected chi connectivity index (χ4v) is 3.22. The Morgan fingerprint density at radius 1 is 1.30 bits per heavy atom. The van der Waals surface area contributed by atoms with Crippen molar-refractivity contribution in [1.82, 2.24) is 25.2 Å². The van der Waals surface area contributed by atoms with Gasteiger partial charge in [0.2, 0.25) is 0 Å². The number of thiazole rings is 1. The molecule has 0 aliphatic rings. The van der Waals surface area contributed by atoms with Crippen molar-refractivity contribution in [2.75, 3.05) is 19.6 Å². The molecular weight excluding hydrogens is 377 g/mol. The number of aryl methyl sites for hydroxylation is 2. The molecule has 0 atom stereocenters. The maximum absolute atomic E-state index is 12.6. The average molecular weight is 402 g/mol. The first-order chi connectivity index (χ1) is 12.9. The standard InChI is InChI=1S/C17H25F3N6S/c1-3-21-16(23-7-4-5-10-26-11-9-22-13(26)2)24-8-6-15-25-14(12-27-15)17(18,19)20/h9,11-12H,3-8,10H2,1-2H3,(H2,21,23,24). The Morgan fingerprint density at radius 2 is 2.11 bits per heavy atom. The summed E-state index contributed by atoms with van der Waals surface area (Å²) in [4.78, 5) is 12.3. The van der Waals surface area contributed by atoms with Gasteiger partial charge in [-0.3, -0.25) is 4.99 Å². The van der Waals surface area contributed by atoms with Crippen LogP contribution >= 0.6 is 11.3 Å². The molecule has 0 fully saturated rings. The molecule has 0 bridgehead atoms. The van der Waals surface area contributed by atoms with Crippen molar-refractivity contribution in [1.29, 1.82) is 0 Å². The topological polar surface area (TPSA) is 67.1 Å². The van der Waals surface area contributed by atoms with E-state index in [4.69, 9.17) is 0 Å². The summed E-state index contributed by atoms with van der Waals surface area (Å²) in [6.45, 7) is 6.73. The predicted molar refractivity (Wildman–Crippen MR) is 101 cm³/mol. The summed E-state index contributed by atoms with van der Waals surface area (Å²) in [5.74, 6) is 1.67. The van der Waals surface area contributed by atoms with Gasteiger partial charge in [0.15, 0.2) is 11.7 Å². The van der Waals surface area contributed by atoms with E-state index in [1.165, 1.54) is 0 Å². The van der Waals surface area contributed by atoms with Crippen LogP contribution in [0.5, 0.6) is 0 Å². The molecular formula is C17H25F3N6S. The molecule has 27 heavy (non-hydrogen) atoms. The van der Waals surface area contributed by atoms with Crippen LogP contribution in [0.3, 0.4) is 0 Å². The number of hydrogen-bond acceptors (Lipinski definition) is 4. The number of unbranched alkanes of at least 4 members (excludes halogenated alkanes) is 1. The Labute approximate surface area is 160 Å². The third kappa shape index (κ3) is 7.20. The maximum Gasteiger partial charge on any atom is 0.434 e. The van der Waals surface area contributed by atoms with Crippen molar-refractivity contribution < 1.29 is 13.2 Å². The Balaban J connectivity index is 1.71. The largest absolute Gasteiger partial charge is 0.434 e. The van der Waals surface area contributed by atoms with E-state index in [9.17, 15) is 13.2 Å². The van der Waals surface area contributed by atoms with E-state index in [2.05, 4.69) is 30.2 Å². The summed E-state index contributed by atoms with van der Waals surface area (Å²) in [6, 6.07) is 0. The number of nitrogens with one attached hydrogen (secondary N) is 2. The minimum atomic E-state index is -4.38. The zero-order chi connectivity index (χ0) is 19.7. The number of aromatic nitrogens is 3. The molecule has 10 heteroatoms. The van der Waals surface area contributed by atoms with Crippen LogP contribution in [0.15, 0.2) is 22.8 Å². The van der Waals surface area contributed by atoms with Crippen LogP contribution in [0.4, 0.5) is 13.2 Å². The number of nitrogens with zero attached hydrogens (tertiary/aromatic N) is 4. The highest BCUT2D eigenvalue weighted by molar-refractivity contribution is 7.09. The minimum absolute atomic E-state index is 0.422. The van der Waals surface area contributed by atoms with Gasteiger partial charge in [0.05, 0.1) is 5.01 Å². The second kappa shape index (κ2) is 10.3. The molecule has 0 aliphatic carbocycles. The number of rotatable bonds is 9. The van der Waals surface area contributed by atoms with Crippen molar-refractivity contribution in [3.05, 3.63) is 34.3 Å². The van der Waals surface area contributed by atoms with Gasteiger partial charge in [-0.1, -0.05) is 0 Å². The van der Waals surface area contributed by atoms with Gasteiger partial charge in [0, 0.05) is 50.4 Å². The smallest absolute Gasteiger partial charge is 0.357 e. The van der Waals surface area contributed by atoms with E-state index >= 15 is 0 Å². The highest BCUT2D eigenvalue weighted by Crippen LogP contribution is 2.29. The van der Waals surface area contributed by atoms with Gasteiger partial charge < -0.3 is 15.2 Å². The zero-order valence-electron chi connectivity index (χ0n) is 15.5. The number of imidazole rings is 1. The maximum atomic E-state index is 12.6. The summed E-state index contributed by atoms with van der Waals surface area (Å²) < 4.78 is 39.8. The number of halogens is 3. The molecule has 150 valence electrons. The Morgan fingerprint density at radius 3 is 2.74 bits per heavy atom. The SMILES string of the molecule is CCNC(=NCCCCn1ccnc1C)NCCc1nc(C(F)(F)F)cs1. The van der Waals surface area contributed by atoms with E-state index in [1.807, 2.05) is 20.0 Å². The summed E-state index contributed by atoms with van der Waals surface area (Å²) in [6.07, 6.45) is 1.74. The van der Waals surface area contributed by atoms with Gasteiger partial charge in [0.25, 0.3) is 0 Å². The Hall–Kier alpha value is -2.10. The molecule has 0 saturated carbocycles. The van der Waals surface area contributed by atoms with Gasteiger partial charge in [-0.2, -0.15) is 13.2 Å². The van der Waals surface area contributed by atoms with Crippen LogP contribution in [0.2, 0.25) is 0 Å². The normalized spacial score (nSPS) is 12.4. The number of hydrogen-bond donors (Lipinski definition) is 2. The molecule has 0 unspecified atom stereocenters. The molecule has 2 aromatic heterocycles. The molecule has 2 N–H and O–H groups in total. The fraction of sp³-hybridized carbons (Fsp3) is 0.588. The Bertz CT molecular complexity index is 722. The van der Waals surface area contributed by atoms with Gasteiger partial charge in [0.1, 0.15) is 5.82 Å². The van der Waals surface area contributed by atoms with Crippen LogP contribution in [0.25, 0.3) is 0 Å². The van der Waals surface area contributed by atoms with E-state index in [0.717, 1.165) is 48.5 Å². The Kier molecular flexibility index (Phi) is 8.08. The van der Waals surface area contributed by atoms with Crippen LogP contribution < -0.4 is 10.6 Å². The summed E-state index contributed by atoms with van der Waals surface area (Å²) in [5.41, 5.74) is -0.823. The van der Waals surface area contributed by atoms with Gasteiger partial charge in [-0.15, -0.1) is 11.3 Å². The highest BCUT2D eigenvalue weighted by atomic mass is 32.1. The van der Waals surface area contributed by atoms with E-state index < -0.39 is 11.9 Å². The molecule has 0 radical (unpaired) electrons. The third-order valence-corrected chi connectivity index (χ3v) is 4.73. The number of guanidine groups is 1. The average Bonchev–Trinajstić information content (AvgIpc) is 3.23. The van der Waals surface area contributed by atoms with Crippen LogP contribution in [0.1, 0.15) is 36.3 Å². The molecule has 6 nitrogen and oxygen atoms in total. The second-order valence-corrected chi connectivity index (χ2v) is 6.88. The van der Waals surface area contributed by atoms with E-state index in [-0.39, 0.29) is 0 Å². The van der Waals surface area contributed by atoms with Crippen LogP contribution in [0, 0.1) is 6.92 Å². The van der Waals surface area contributed by atoms with Gasteiger partial charge in [-0.05, 0) is 26.7 Å². The molecule has 0 spiro atoms. The molecule has 0 saturated heterocycles. The van der Waals surface area contributed by atoms with Crippen molar-refractivity contribution in [3.8, 4) is 0 Å². The number of aliphatic imine (C=N–C) groups is 1. The molecule has 2 heterocycles. The van der Waals surface area contributed by atoms with E-state index in [1.54, 1.807) is 6.20 Å². The lowest BCUT2D eigenvalue weighted by molar-refractivity contribution is -0.140. The second-order valence-electron chi connectivity index (χ2n) is 5.94. The molecule has 0 aliphatic heterocycles. The summed E-state index contributed by atoms with van der Waals surface area (Å²) >= 11 is 1.03. The van der Waals surface area contributed by atoms with Gasteiger partial charge in [-0.25, -0.2) is 9.97 Å². The number of alkyl halides is 3. The first-order valence-corrected chi connectivity index (χ1v) is 9.79.